The molecule has 0 aliphatic carbocycles. The van der Waals surface area contributed by atoms with E-state index in [1.165, 1.54) is 0 Å². The lowest BCUT2D eigenvalue weighted by Crippen LogP contribution is -2.36. The molecule has 0 atom stereocenters. The zero-order valence-electron chi connectivity index (χ0n) is 5.61. The molecule has 0 aliphatic rings. The van der Waals surface area contributed by atoms with Gasteiger partial charge in [-0.2, -0.15) is 0 Å². The summed E-state index contributed by atoms with van der Waals surface area (Å²) in [5.41, 5.74) is 5.08. The van der Waals surface area contributed by atoms with Gasteiger partial charge in [0.05, 0.1) is 6.54 Å². The third-order valence-electron chi connectivity index (χ3n) is 0.804. The molecule has 0 unspecified atom stereocenters. The molecule has 4 nitrogen and oxygen atoms in total. The van der Waals surface area contributed by atoms with E-state index in [0.29, 0.717) is 19.8 Å². The maximum atomic E-state index is 10.6. The minimum absolute atomic E-state index is 0.0112. The van der Waals surface area contributed by atoms with Gasteiger partial charge in [0, 0.05) is 13.2 Å². The number of likely N-dealkylation sites (N-methyl/N-ethyl adjacent to an activating group) is 1. The van der Waals surface area contributed by atoms with Crippen molar-refractivity contribution in [1.29, 1.82) is 0 Å². The first-order valence-corrected chi connectivity index (χ1v) is 2.98. The molecule has 0 radical (unpaired) electrons. The zero-order valence-corrected chi connectivity index (χ0v) is 5.61. The van der Waals surface area contributed by atoms with Gasteiger partial charge in [-0.1, -0.05) is 0 Å². The van der Waals surface area contributed by atoms with E-state index in [1.807, 2.05) is 6.92 Å². The molecular weight excluding hydrogens is 118 g/mol. The number of hydrogen-bond donors (Lipinski definition) is 3. The van der Waals surface area contributed by atoms with Crippen molar-refractivity contribution in [2.75, 3.05) is 19.8 Å². The summed E-state index contributed by atoms with van der Waals surface area (Å²) in [6.07, 6.45) is 0. The van der Waals surface area contributed by atoms with Gasteiger partial charge in [0.15, 0.2) is 0 Å². The van der Waals surface area contributed by atoms with Crippen LogP contribution in [0.15, 0.2) is 0 Å². The molecule has 0 rings (SSSR count). The average molecular weight is 131 g/mol. The molecule has 0 saturated heterocycles. The Balaban J connectivity index is 3.06. The van der Waals surface area contributed by atoms with Crippen molar-refractivity contribution < 1.29 is 4.79 Å². The Kier molecular flexibility index (Phi) is 5.15. The second-order valence-corrected chi connectivity index (χ2v) is 1.58. The van der Waals surface area contributed by atoms with Gasteiger partial charge >= 0.3 is 0 Å². The van der Waals surface area contributed by atoms with Crippen LogP contribution in [0.3, 0.4) is 0 Å². The maximum Gasteiger partial charge on any atom is 0.233 e. The molecule has 9 heavy (non-hydrogen) atoms. The van der Waals surface area contributed by atoms with Crippen LogP contribution in [0.5, 0.6) is 0 Å². The Morgan fingerprint density at radius 3 is 2.78 bits per heavy atom. The van der Waals surface area contributed by atoms with Crippen molar-refractivity contribution in [3.63, 3.8) is 0 Å². The summed E-state index contributed by atoms with van der Waals surface area (Å²) >= 11 is 0. The van der Waals surface area contributed by atoms with Gasteiger partial charge in [-0.3, -0.25) is 10.1 Å². The summed E-state index contributed by atoms with van der Waals surface area (Å²) in [5, 5.41) is 5.32. The number of rotatable bonds is 4. The quantitative estimate of drug-likeness (QED) is 0.412. The molecule has 0 aliphatic heterocycles. The van der Waals surface area contributed by atoms with E-state index < -0.39 is 0 Å². The lowest BCUT2D eigenvalue weighted by Gasteiger charge is -2.00. The van der Waals surface area contributed by atoms with Crippen molar-refractivity contribution in [2.45, 2.75) is 6.92 Å². The number of amides is 1. The fourth-order valence-electron chi connectivity index (χ4n) is 0.445. The fourth-order valence-corrected chi connectivity index (χ4v) is 0.445. The van der Waals surface area contributed by atoms with E-state index in [-0.39, 0.29) is 5.91 Å². The molecule has 0 aromatic heterocycles. The van der Waals surface area contributed by atoms with Crippen LogP contribution in [-0.2, 0) is 4.79 Å². The summed E-state index contributed by atoms with van der Waals surface area (Å²) in [5.74, 6) is -0.0112. The van der Waals surface area contributed by atoms with Crippen LogP contribution in [0.25, 0.3) is 0 Å². The zero-order chi connectivity index (χ0) is 7.11. The standard InChI is InChI=1S/C5H13N3O/c1-2-8-5(9)3-7-4-6/h7H,2-4,6H2,1H3,(H,8,9). The maximum absolute atomic E-state index is 10.6. The summed E-state index contributed by atoms with van der Waals surface area (Å²) in [7, 11) is 0. The highest BCUT2D eigenvalue weighted by Gasteiger charge is 1.93. The molecule has 0 aromatic carbocycles. The molecule has 54 valence electrons. The minimum Gasteiger partial charge on any atom is -0.355 e. The molecule has 1 amide bonds. The van der Waals surface area contributed by atoms with Gasteiger partial charge in [0.1, 0.15) is 0 Å². The Labute approximate surface area is 54.8 Å². The second kappa shape index (κ2) is 5.53. The first-order valence-electron chi connectivity index (χ1n) is 2.98. The highest BCUT2D eigenvalue weighted by atomic mass is 16.1. The fraction of sp³-hybridized carbons (Fsp3) is 0.800. The molecule has 0 heterocycles. The van der Waals surface area contributed by atoms with Crippen LogP contribution in [0.2, 0.25) is 0 Å². The predicted molar refractivity (Wildman–Crippen MR) is 35.7 cm³/mol. The largest absolute Gasteiger partial charge is 0.355 e. The molecular formula is C5H13N3O. The van der Waals surface area contributed by atoms with Crippen molar-refractivity contribution >= 4 is 5.91 Å². The van der Waals surface area contributed by atoms with E-state index in [0.717, 1.165) is 0 Å². The number of carbonyl (C=O) groups excluding carboxylic acids is 1. The third kappa shape index (κ3) is 5.26. The number of nitrogens with one attached hydrogen (secondary N) is 2. The van der Waals surface area contributed by atoms with Gasteiger partial charge in [-0.05, 0) is 6.92 Å². The van der Waals surface area contributed by atoms with Crippen LogP contribution in [0.1, 0.15) is 6.92 Å². The Morgan fingerprint density at radius 1 is 1.67 bits per heavy atom. The monoisotopic (exact) mass is 131 g/mol. The molecule has 0 bridgehead atoms. The minimum atomic E-state index is -0.0112. The molecule has 0 spiro atoms. The van der Waals surface area contributed by atoms with Crippen molar-refractivity contribution in [3.05, 3.63) is 0 Å². The van der Waals surface area contributed by atoms with E-state index in [4.69, 9.17) is 5.73 Å². The van der Waals surface area contributed by atoms with Crippen molar-refractivity contribution in [3.8, 4) is 0 Å². The van der Waals surface area contributed by atoms with Crippen LogP contribution in [0.4, 0.5) is 0 Å². The van der Waals surface area contributed by atoms with Crippen molar-refractivity contribution in [2.24, 2.45) is 5.73 Å². The predicted octanol–water partition coefficient (Wildman–Crippen LogP) is -1.37. The summed E-state index contributed by atoms with van der Waals surface area (Å²) in [6.45, 7) is 3.20. The lowest BCUT2D eigenvalue weighted by atomic mass is 10.5. The topological polar surface area (TPSA) is 67.2 Å². The van der Waals surface area contributed by atoms with Gasteiger partial charge < -0.3 is 11.1 Å². The van der Waals surface area contributed by atoms with Gasteiger partial charge in [-0.25, -0.2) is 0 Å². The molecule has 0 aromatic rings. The Hall–Kier alpha value is -0.610. The van der Waals surface area contributed by atoms with Gasteiger partial charge in [-0.15, -0.1) is 0 Å². The van der Waals surface area contributed by atoms with E-state index in [1.54, 1.807) is 0 Å². The summed E-state index contributed by atoms with van der Waals surface area (Å²) < 4.78 is 0. The number of nitrogens with two attached hydrogens (primary N) is 1. The van der Waals surface area contributed by atoms with Gasteiger partial charge in [0.25, 0.3) is 0 Å². The average Bonchev–Trinajstić information content (AvgIpc) is 1.85. The van der Waals surface area contributed by atoms with Gasteiger partial charge in [0.2, 0.25) is 5.91 Å². The van der Waals surface area contributed by atoms with Crippen LogP contribution >= 0.6 is 0 Å². The molecule has 0 saturated carbocycles. The highest BCUT2D eigenvalue weighted by Crippen LogP contribution is 1.59. The first kappa shape index (κ1) is 8.39. The van der Waals surface area contributed by atoms with Crippen LogP contribution < -0.4 is 16.4 Å². The molecule has 4 N–H and O–H groups in total. The number of hydrogen-bond acceptors (Lipinski definition) is 3. The van der Waals surface area contributed by atoms with Crippen LogP contribution in [-0.4, -0.2) is 25.7 Å². The first-order chi connectivity index (χ1) is 4.31. The van der Waals surface area contributed by atoms with E-state index >= 15 is 0 Å². The lowest BCUT2D eigenvalue weighted by molar-refractivity contribution is -0.120. The SMILES string of the molecule is CCNC(=O)CNCN. The summed E-state index contributed by atoms with van der Waals surface area (Å²) in [6, 6.07) is 0. The number of carbonyl (C=O) groups is 1. The normalized spacial score (nSPS) is 9.11. The van der Waals surface area contributed by atoms with Crippen LogP contribution in [0, 0.1) is 0 Å². The second-order valence-electron chi connectivity index (χ2n) is 1.58. The van der Waals surface area contributed by atoms with E-state index in [9.17, 15) is 4.79 Å². The third-order valence-corrected chi connectivity index (χ3v) is 0.804. The Bertz CT molecular complexity index is 84.3. The van der Waals surface area contributed by atoms with Crippen molar-refractivity contribution in [1.82, 2.24) is 10.6 Å². The molecule has 4 heteroatoms. The Morgan fingerprint density at radius 2 is 2.33 bits per heavy atom. The highest BCUT2D eigenvalue weighted by molar-refractivity contribution is 5.77. The summed E-state index contributed by atoms with van der Waals surface area (Å²) in [4.78, 5) is 10.6. The molecule has 0 fully saturated rings. The van der Waals surface area contributed by atoms with E-state index in [2.05, 4.69) is 10.6 Å². The smallest absolute Gasteiger partial charge is 0.233 e.